The lowest BCUT2D eigenvalue weighted by Crippen LogP contribution is -2.53. The highest BCUT2D eigenvalue weighted by Gasteiger charge is 2.43. The van der Waals surface area contributed by atoms with E-state index >= 15 is 0 Å². The molecular weight excluding hydrogens is 278 g/mol. The Morgan fingerprint density at radius 2 is 1.95 bits per heavy atom. The van der Waals surface area contributed by atoms with Gasteiger partial charge in [0.25, 0.3) is 0 Å². The van der Waals surface area contributed by atoms with Crippen LogP contribution >= 0.6 is 11.3 Å². The van der Waals surface area contributed by atoms with Crippen molar-refractivity contribution in [3.8, 4) is 0 Å². The number of rotatable bonds is 3. The van der Waals surface area contributed by atoms with Gasteiger partial charge in [0.1, 0.15) is 0 Å². The Morgan fingerprint density at radius 3 is 2.40 bits per heavy atom. The molecule has 2 N–H and O–H groups in total. The highest BCUT2D eigenvalue weighted by atomic mass is 32.1. The molecule has 20 heavy (non-hydrogen) atoms. The minimum Gasteiger partial charge on any atom is -0.479 e. The Balaban J connectivity index is 2.07. The van der Waals surface area contributed by atoms with Crippen molar-refractivity contribution < 1.29 is 19.8 Å². The van der Waals surface area contributed by atoms with Gasteiger partial charge in [0.05, 0.1) is 5.41 Å². The summed E-state index contributed by atoms with van der Waals surface area (Å²) in [7, 11) is 0. The minimum absolute atomic E-state index is 0.0209. The largest absolute Gasteiger partial charge is 0.479 e. The number of aliphatic hydroxyl groups is 1. The molecule has 1 fully saturated rings. The lowest BCUT2D eigenvalue weighted by Gasteiger charge is -2.38. The van der Waals surface area contributed by atoms with Gasteiger partial charge in [-0.2, -0.15) is 0 Å². The molecule has 5 nitrogen and oxygen atoms in total. The Kier molecular flexibility index (Phi) is 3.88. The molecule has 0 bridgehead atoms. The van der Waals surface area contributed by atoms with Gasteiger partial charge in [-0.15, -0.1) is 11.3 Å². The first kappa shape index (κ1) is 15.0. The topological polar surface area (TPSA) is 77.8 Å². The van der Waals surface area contributed by atoms with Crippen LogP contribution in [-0.4, -0.2) is 45.7 Å². The van der Waals surface area contributed by atoms with Gasteiger partial charge in [-0.25, -0.2) is 4.79 Å². The van der Waals surface area contributed by atoms with Crippen molar-refractivity contribution in [1.29, 1.82) is 0 Å². The number of hydrogen-bond acceptors (Lipinski definition) is 4. The summed E-state index contributed by atoms with van der Waals surface area (Å²) in [6.45, 7) is 4.30. The molecule has 0 aliphatic carbocycles. The normalized spacial score (nSPS) is 18.9. The second kappa shape index (κ2) is 5.18. The van der Waals surface area contributed by atoms with Crippen molar-refractivity contribution in [1.82, 2.24) is 4.90 Å². The van der Waals surface area contributed by atoms with Crippen LogP contribution < -0.4 is 0 Å². The Labute approximate surface area is 121 Å². The van der Waals surface area contributed by atoms with Crippen LogP contribution in [0, 0.1) is 0 Å². The zero-order valence-corrected chi connectivity index (χ0v) is 12.4. The number of carboxylic acid groups (broad SMARTS) is 1. The van der Waals surface area contributed by atoms with Crippen molar-refractivity contribution in [2.24, 2.45) is 0 Å². The maximum atomic E-state index is 12.6. The summed E-state index contributed by atoms with van der Waals surface area (Å²) in [5.41, 5.74) is -2.31. The fraction of sp³-hybridized carbons (Fsp3) is 0.571. The third kappa shape index (κ3) is 2.58. The predicted octanol–water partition coefficient (Wildman–Crippen LogP) is 1.46. The number of thiophene rings is 1. The van der Waals surface area contributed by atoms with Gasteiger partial charge < -0.3 is 15.1 Å². The summed E-state index contributed by atoms with van der Waals surface area (Å²) >= 11 is 1.54. The summed E-state index contributed by atoms with van der Waals surface area (Å²) in [6, 6.07) is 3.84. The Morgan fingerprint density at radius 1 is 1.35 bits per heavy atom. The van der Waals surface area contributed by atoms with E-state index in [2.05, 4.69) is 0 Å². The Bertz CT molecular complexity index is 501. The number of likely N-dealkylation sites (tertiary alicyclic amines) is 1. The van der Waals surface area contributed by atoms with E-state index in [9.17, 15) is 14.7 Å². The van der Waals surface area contributed by atoms with Gasteiger partial charge >= 0.3 is 5.97 Å². The quantitative estimate of drug-likeness (QED) is 0.885. The molecule has 0 radical (unpaired) electrons. The van der Waals surface area contributed by atoms with Crippen molar-refractivity contribution in [3.05, 3.63) is 22.4 Å². The summed E-state index contributed by atoms with van der Waals surface area (Å²) in [5.74, 6) is -1.23. The molecule has 0 saturated carbocycles. The fourth-order valence-electron chi connectivity index (χ4n) is 2.43. The number of hydrogen-bond donors (Lipinski definition) is 2. The zero-order valence-electron chi connectivity index (χ0n) is 11.6. The fourth-order valence-corrected chi connectivity index (χ4v) is 3.27. The number of nitrogens with zero attached hydrogens (tertiary/aromatic N) is 1. The monoisotopic (exact) mass is 297 g/mol. The zero-order chi connectivity index (χ0) is 15.0. The van der Waals surface area contributed by atoms with Crippen LogP contribution in [0.5, 0.6) is 0 Å². The minimum atomic E-state index is -1.69. The molecule has 2 heterocycles. The predicted molar refractivity (Wildman–Crippen MR) is 75.7 cm³/mol. The molecule has 1 aromatic rings. The van der Waals surface area contributed by atoms with E-state index in [-0.39, 0.29) is 31.8 Å². The van der Waals surface area contributed by atoms with E-state index in [1.54, 1.807) is 4.90 Å². The number of carbonyl (C=O) groups excluding carboxylic acids is 1. The summed E-state index contributed by atoms with van der Waals surface area (Å²) in [5, 5.41) is 20.8. The van der Waals surface area contributed by atoms with Gasteiger partial charge in [0.2, 0.25) is 5.91 Å². The van der Waals surface area contributed by atoms with E-state index in [0.29, 0.717) is 0 Å². The van der Waals surface area contributed by atoms with E-state index in [1.165, 1.54) is 11.3 Å². The van der Waals surface area contributed by atoms with E-state index in [1.807, 2.05) is 31.4 Å². The van der Waals surface area contributed by atoms with Crippen molar-refractivity contribution in [2.75, 3.05) is 13.1 Å². The molecule has 0 atom stereocenters. The summed E-state index contributed by atoms with van der Waals surface area (Å²) in [4.78, 5) is 26.2. The lowest BCUT2D eigenvalue weighted by atomic mass is 9.86. The van der Waals surface area contributed by atoms with Crippen molar-refractivity contribution >= 4 is 23.2 Å². The maximum absolute atomic E-state index is 12.6. The van der Waals surface area contributed by atoms with Crippen LogP contribution in [0.2, 0.25) is 0 Å². The van der Waals surface area contributed by atoms with Crippen LogP contribution in [0.1, 0.15) is 31.6 Å². The number of amides is 1. The van der Waals surface area contributed by atoms with E-state index < -0.39 is 17.0 Å². The van der Waals surface area contributed by atoms with Gasteiger partial charge in [0.15, 0.2) is 5.60 Å². The second-order valence-corrected chi connectivity index (χ2v) is 6.68. The average molecular weight is 297 g/mol. The first-order chi connectivity index (χ1) is 9.27. The second-order valence-electron chi connectivity index (χ2n) is 5.73. The molecule has 1 aliphatic rings. The molecule has 1 aromatic heterocycles. The standard InChI is InChI=1S/C14H19NO4S/c1-13(2,10-4-3-9-20-10)11(16)15-7-5-14(19,6-8-15)12(17)18/h3-4,9,19H,5-8H2,1-2H3,(H,17,18). The molecular formula is C14H19NO4S. The molecule has 1 amide bonds. The molecule has 2 rings (SSSR count). The van der Waals surface area contributed by atoms with Crippen LogP contribution in [0.15, 0.2) is 17.5 Å². The summed E-state index contributed by atoms with van der Waals surface area (Å²) in [6.07, 6.45) is 0.156. The highest BCUT2D eigenvalue weighted by molar-refractivity contribution is 7.10. The van der Waals surface area contributed by atoms with Crippen molar-refractivity contribution in [2.45, 2.75) is 37.7 Å². The SMILES string of the molecule is CC(C)(C(=O)N1CCC(O)(C(=O)O)CC1)c1cccs1. The molecule has 0 aromatic carbocycles. The molecule has 0 spiro atoms. The third-order valence-electron chi connectivity index (χ3n) is 3.95. The molecule has 110 valence electrons. The first-order valence-corrected chi connectivity index (χ1v) is 7.44. The van der Waals surface area contributed by atoms with Gasteiger partial charge in [0, 0.05) is 30.8 Å². The number of piperidine rings is 1. The molecule has 1 saturated heterocycles. The molecule has 0 unspecified atom stereocenters. The molecule has 1 aliphatic heterocycles. The smallest absolute Gasteiger partial charge is 0.335 e. The lowest BCUT2D eigenvalue weighted by molar-refractivity contribution is -0.166. The van der Waals surface area contributed by atoms with Crippen LogP contribution in [-0.2, 0) is 15.0 Å². The number of carbonyl (C=O) groups is 2. The Hall–Kier alpha value is -1.40. The van der Waals surface area contributed by atoms with Crippen LogP contribution in [0.4, 0.5) is 0 Å². The van der Waals surface area contributed by atoms with E-state index in [4.69, 9.17) is 5.11 Å². The van der Waals surface area contributed by atoms with Crippen LogP contribution in [0.25, 0.3) is 0 Å². The number of carboxylic acids is 1. The van der Waals surface area contributed by atoms with Crippen LogP contribution in [0.3, 0.4) is 0 Å². The maximum Gasteiger partial charge on any atom is 0.335 e. The summed E-state index contributed by atoms with van der Waals surface area (Å²) < 4.78 is 0. The highest BCUT2D eigenvalue weighted by Crippen LogP contribution is 2.32. The van der Waals surface area contributed by atoms with Gasteiger partial charge in [-0.05, 0) is 25.3 Å². The van der Waals surface area contributed by atoms with Gasteiger partial charge in [-0.3, -0.25) is 4.79 Å². The van der Waals surface area contributed by atoms with Gasteiger partial charge in [-0.1, -0.05) is 6.07 Å². The van der Waals surface area contributed by atoms with E-state index in [0.717, 1.165) is 4.88 Å². The molecule has 6 heteroatoms. The first-order valence-electron chi connectivity index (χ1n) is 6.56. The van der Waals surface area contributed by atoms with Crippen molar-refractivity contribution in [3.63, 3.8) is 0 Å². The number of aliphatic carboxylic acids is 1. The third-order valence-corrected chi connectivity index (χ3v) is 5.14. The average Bonchev–Trinajstić information content (AvgIpc) is 2.93.